The second-order valence-electron chi connectivity index (χ2n) is 3.43. The van der Waals surface area contributed by atoms with Crippen LogP contribution in [0.2, 0.25) is 0 Å². The van der Waals surface area contributed by atoms with E-state index in [1.807, 2.05) is 0 Å². The number of hydrogen-bond donors (Lipinski definition) is 3. The van der Waals surface area contributed by atoms with Gasteiger partial charge in [0.25, 0.3) is 0 Å². The molecule has 2 atom stereocenters. The summed E-state index contributed by atoms with van der Waals surface area (Å²) < 4.78 is 18.2. The molecule has 0 aliphatic carbocycles. The van der Waals surface area contributed by atoms with Gasteiger partial charge in [-0.15, -0.1) is 0 Å². The summed E-state index contributed by atoms with van der Waals surface area (Å²) in [5.74, 6) is -0.596. The number of likely N-dealkylation sites (N-methyl/N-ethyl adjacent to an activating group) is 1. The number of methoxy groups -OCH3 is 1. The average Bonchev–Trinajstić information content (AvgIpc) is 2.28. The normalized spacial score (nSPS) is 14.6. The van der Waals surface area contributed by atoms with Gasteiger partial charge in [-0.05, 0) is 13.1 Å². The monoisotopic (exact) mass is 229 g/mol. The number of halogens is 1. The van der Waals surface area contributed by atoms with Crippen molar-refractivity contribution in [1.82, 2.24) is 5.32 Å². The van der Waals surface area contributed by atoms with Gasteiger partial charge in [0.2, 0.25) is 0 Å². The molecule has 0 heterocycles. The standard InChI is InChI=1S/C11H16FNO3/c1-13-6-9(14)10(15)7-4-3-5-8(12)11(7)16-2/h3-5,9-10,13-15H,6H2,1-2H3. The Labute approximate surface area is 93.7 Å². The third kappa shape index (κ3) is 2.69. The van der Waals surface area contributed by atoms with Crippen molar-refractivity contribution < 1.29 is 19.3 Å². The highest BCUT2D eigenvalue weighted by Gasteiger charge is 2.22. The van der Waals surface area contributed by atoms with E-state index < -0.39 is 18.0 Å². The van der Waals surface area contributed by atoms with Crippen molar-refractivity contribution >= 4 is 0 Å². The summed E-state index contributed by atoms with van der Waals surface area (Å²) >= 11 is 0. The molecule has 1 aromatic carbocycles. The van der Waals surface area contributed by atoms with E-state index in [-0.39, 0.29) is 17.9 Å². The van der Waals surface area contributed by atoms with Gasteiger partial charge in [0.1, 0.15) is 6.10 Å². The quantitative estimate of drug-likeness (QED) is 0.686. The zero-order valence-electron chi connectivity index (χ0n) is 9.27. The molecule has 0 bridgehead atoms. The van der Waals surface area contributed by atoms with E-state index >= 15 is 0 Å². The molecular formula is C11H16FNO3. The van der Waals surface area contributed by atoms with Crippen LogP contribution in [0.5, 0.6) is 5.75 Å². The number of ether oxygens (including phenoxy) is 1. The number of benzene rings is 1. The van der Waals surface area contributed by atoms with Crippen molar-refractivity contribution in [2.45, 2.75) is 12.2 Å². The zero-order valence-corrected chi connectivity index (χ0v) is 9.27. The molecule has 4 nitrogen and oxygen atoms in total. The molecular weight excluding hydrogens is 213 g/mol. The Kier molecular flexibility index (Phi) is 4.67. The van der Waals surface area contributed by atoms with Crippen LogP contribution in [0.25, 0.3) is 0 Å². The largest absolute Gasteiger partial charge is 0.493 e. The summed E-state index contributed by atoms with van der Waals surface area (Å²) in [6, 6.07) is 4.22. The van der Waals surface area contributed by atoms with Gasteiger partial charge in [0.15, 0.2) is 11.6 Å². The molecule has 90 valence electrons. The lowest BCUT2D eigenvalue weighted by molar-refractivity contribution is 0.0186. The molecule has 2 unspecified atom stereocenters. The molecule has 1 aromatic rings. The minimum atomic E-state index is -1.18. The van der Waals surface area contributed by atoms with Crippen LogP contribution in [0.4, 0.5) is 4.39 Å². The van der Waals surface area contributed by atoms with E-state index in [9.17, 15) is 14.6 Å². The van der Waals surface area contributed by atoms with Gasteiger partial charge >= 0.3 is 0 Å². The maximum absolute atomic E-state index is 13.3. The number of rotatable bonds is 5. The van der Waals surface area contributed by atoms with Gasteiger partial charge in [-0.2, -0.15) is 0 Å². The molecule has 16 heavy (non-hydrogen) atoms. The summed E-state index contributed by atoms with van der Waals surface area (Å²) in [7, 11) is 2.97. The second kappa shape index (κ2) is 5.79. The highest BCUT2D eigenvalue weighted by Crippen LogP contribution is 2.29. The van der Waals surface area contributed by atoms with E-state index in [0.29, 0.717) is 0 Å². The van der Waals surface area contributed by atoms with Crippen LogP contribution in [0.15, 0.2) is 18.2 Å². The minimum Gasteiger partial charge on any atom is -0.493 e. The van der Waals surface area contributed by atoms with Crippen LogP contribution in [-0.2, 0) is 0 Å². The third-order valence-electron chi connectivity index (χ3n) is 2.30. The van der Waals surface area contributed by atoms with Crippen LogP contribution in [0.1, 0.15) is 11.7 Å². The second-order valence-corrected chi connectivity index (χ2v) is 3.43. The number of aliphatic hydroxyl groups excluding tert-OH is 2. The van der Waals surface area contributed by atoms with Gasteiger partial charge in [-0.25, -0.2) is 4.39 Å². The lowest BCUT2D eigenvalue weighted by Crippen LogP contribution is -2.29. The van der Waals surface area contributed by atoms with Gasteiger partial charge in [0.05, 0.1) is 13.2 Å². The van der Waals surface area contributed by atoms with E-state index in [1.54, 1.807) is 7.05 Å². The Morgan fingerprint density at radius 3 is 2.69 bits per heavy atom. The van der Waals surface area contributed by atoms with Crippen molar-refractivity contribution in [2.24, 2.45) is 0 Å². The number of hydrogen-bond acceptors (Lipinski definition) is 4. The first-order valence-corrected chi connectivity index (χ1v) is 4.95. The lowest BCUT2D eigenvalue weighted by Gasteiger charge is -2.20. The van der Waals surface area contributed by atoms with E-state index in [2.05, 4.69) is 5.32 Å². The first kappa shape index (κ1) is 12.9. The minimum absolute atomic E-state index is 0.0369. The molecule has 1 rings (SSSR count). The molecule has 0 saturated carbocycles. The smallest absolute Gasteiger partial charge is 0.165 e. The molecule has 0 radical (unpaired) electrons. The Hall–Kier alpha value is -1.17. The van der Waals surface area contributed by atoms with Gasteiger partial charge in [0, 0.05) is 12.1 Å². The fourth-order valence-corrected chi connectivity index (χ4v) is 1.50. The predicted octanol–water partition coefficient (Wildman–Crippen LogP) is 0.448. The number of aliphatic hydroxyl groups is 2. The van der Waals surface area contributed by atoms with Crippen LogP contribution < -0.4 is 10.1 Å². The Balaban J connectivity index is 2.98. The van der Waals surface area contributed by atoms with Crippen LogP contribution in [0.3, 0.4) is 0 Å². The number of nitrogens with one attached hydrogen (secondary N) is 1. The average molecular weight is 229 g/mol. The Morgan fingerprint density at radius 2 is 2.12 bits per heavy atom. The van der Waals surface area contributed by atoms with Gasteiger partial charge in [-0.3, -0.25) is 0 Å². The third-order valence-corrected chi connectivity index (χ3v) is 2.30. The molecule has 0 aromatic heterocycles. The van der Waals surface area contributed by atoms with Crippen molar-refractivity contribution in [3.63, 3.8) is 0 Å². The van der Waals surface area contributed by atoms with Crippen molar-refractivity contribution in [1.29, 1.82) is 0 Å². The van der Waals surface area contributed by atoms with Gasteiger partial charge in [-0.1, -0.05) is 12.1 Å². The van der Waals surface area contributed by atoms with Crippen molar-refractivity contribution in [3.8, 4) is 5.75 Å². The predicted molar refractivity (Wildman–Crippen MR) is 57.8 cm³/mol. The van der Waals surface area contributed by atoms with Gasteiger partial charge < -0.3 is 20.3 Å². The maximum Gasteiger partial charge on any atom is 0.165 e. The van der Waals surface area contributed by atoms with Crippen molar-refractivity contribution in [2.75, 3.05) is 20.7 Å². The van der Waals surface area contributed by atoms with Crippen LogP contribution in [0, 0.1) is 5.82 Å². The highest BCUT2D eigenvalue weighted by molar-refractivity contribution is 5.37. The maximum atomic E-state index is 13.3. The molecule has 0 aliphatic heterocycles. The van der Waals surface area contributed by atoms with Crippen LogP contribution >= 0.6 is 0 Å². The first-order valence-electron chi connectivity index (χ1n) is 4.95. The molecule has 5 heteroatoms. The molecule has 0 amide bonds. The van der Waals surface area contributed by atoms with E-state index in [4.69, 9.17) is 4.74 Å². The van der Waals surface area contributed by atoms with E-state index in [0.717, 1.165) is 0 Å². The lowest BCUT2D eigenvalue weighted by atomic mass is 10.0. The summed E-state index contributed by atoms with van der Waals surface area (Å²) in [5, 5.41) is 22.1. The molecule has 0 aliphatic rings. The topological polar surface area (TPSA) is 61.7 Å². The highest BCUT2D eigenvalue weighted by atomic mass is 19.1. The molecule has 0 fully saturated rings. The van der Waals surface area contributed by atoms with Crippen molar-refractivity contribution in [3.05, 3.63) is 29.6 Å². The molecule has 0 saturated heterocycles. The number of para-hydroxylation sites is 1. The Morgan fingerprint density at radius 1 is 1.44 bits per heavy atom. The van der Waals surface area contributed by atoms with E-state index in [1.165, 1.54) is 25.3 Å². The fraction of sp³-hybridized carbons (Fsp3) is 0.455. The summed E-state index contributed by atoms with van der Waals surface area (Å²) in [4.78, 5) is 0. The fourth-order valence-electron chi connectivity index (χ4n) is 1.50. The van der Waals surface area contributed by atoms with Crippen LogP contribution in [-0.4, -0.2) is 37.0 Å². The molecule has 0 spiro atoms. The zero-order chi connectivity index (χ0) is 12.1. The SMILES string of the molecule is CNCC(O)C(O)c1cccc(F)c1OC. The first-order chi connectivity index (χ1) is 7.61. The molecule has 3 N–H and O–H groups in total. The summed E-state index contributed by atoms with van der Waals surface area (Å²) in [6.07, 6.45) is -2.20. The summed E-state index contributed by atoms with van der Waals surface area (Å²) in [5.41, 5.74) is 0.241. The Bertz CT molecular complexity index is 346. The summed E-state index contributed by atoms with van der Waals surface area (Å²) in [6.45, 7) is 0.209.